The second kappa shape index (κ2) is 12.0. The Morgan fingerprint density at radius 1 is 1.13 bits per heavy atom. The van der Waals surface area contributed by atoms with E-state index in [1.807, 2.05) is 49.6 Å². The first kappa shape index (κ1) is 26.9. The van der Waals surface area contributed by atoms with E-state index in [1.54, 1.807) is 11.6 Å². The van der Waals surface area contributed by atoms with Crippen molar-refractivity contribution >= 4 is 45.7 Å². The van der Waals surface area contributed by atoms with Crippen LogP contribution in [0.1, 0.15) is 36.1 Å². The van der Waals surface area contributed by atoms with Crippen LogP contribution in [0.2, 0.25) is 0 Å². The van der Waals surface area contributed by atoms with Crippen molar-refractivity contribution in [3.8, 4) is 11.3 Å². The summed E-state index contributed by atoms with van der Waals surface area (Å²) in [4.78, 5) is 40.4. The molecule has 2 aromatic carbocycles. The number of nitro groups is 1. The molecular weight excluding hydrogens is 526 g/mol. The number of hydrogen-bond acceptors (Lipinski definition) is 9. The molecule has 0 unspecified atom stereocenters. The van der Waals surface area contributed by atoms with Crippen LogP contribution in [0, 0.1) is 16.0 Å². The number of rotatable bonds is 10. The lowest BCUT2D eigenvalue weighted by Gasteiger charge is -2.21. The van der Waals surface area contributed by atoms with Crippen LogP contribution in [0.25, 0.3) is 11.3 Å². The van der Waals surface area contributed by atoms with Crippen molar-refractivity contribution in [1.82, 2.24) is 25.1 Å². The van der Waals surface area contributed by atoms with Gasteiger partial charge in [0.25, 0.3) is 11.6 Å². The molecule has 2 amide bonds. The first-order chi connectivity index (χ1) is 18.2. The monoisotopic (exact) mass is 551 g/mol. The zero-order chi connectivity index (χ0) is 27.2. The molecule has 2 N–H and O–H groups in total. The number of benzene rings is 2. The highest BCUT2D eigenvalue weighted by Gasteiger charge is 2.26. The zero-order valence-electron chi connectivity index (χ0n) is 20.8. The van der Waals surface area contributed by atoms with Crippen LogP contribution < -0.4 is 10.6 Å². The van der Waals surface area contributed by atoms with E-state index in [-0.39, 0.29) is 28.8 Å². The Bertz CT molecular complexity index is 1450. The van der Waals surface area contributed by atoms with Gasteiger partial charge in [-0.25, -0.2) is 4.98 Å². The molecule has 0 fully saturated rings. The van der Waals surface area contributed by atoms with Crippen molar-refractivity contribution in [3.05, 3.63) is 81.5 Å². The lowest BCUT2D eigenvalue weighted by molar-refractivity contribution is -0.384. The number of carbonyl (C=O) groups excluding carboxylic acids is 2. The molecule has 4 rings (SSSR count). The summed E-state index contributed by atoms with van der Waals surface area (Å²) in [6.45, 7) is 3.84. The molecule has 2 heterocycles. The number of amides is 2. The van der Waals surface area contributed by atoms with Gasteiger partial charge in [0, 0.05) is 35.7 Å². The van der Waals surface area contributed by atoms with Crippen LogP contribution in [-0.2, 0) is 11.8 Å². The van der Waals surface area contributed by atoms with Crippen LogP contribution in [0.3, 0.4) is 0 Å². The Kier molecular flexibility index (Phi) is 8.48. The largest absolute Gasteiger partial charge is 0.342 e. The van der Waals surface area contributed by atoms with Crippen molar-refractivity contribution in [2.24, 2.45) is 13.0 Å². The second-order valence-corrected chi connectivity index (χ2v) is 10.4. The Morgan fingerprint density at radius 2 is 1.89 bits per heavy atom. The van der Waals surface area contributed by atoms with Gasteiger partial charge in [-0.15, -0.1) is 21.5 Å². The molecule has 196 valence electrons. The molecule has 0 saturated heterocycles. The van der Waals surface area contributed by atoms with Gasteiger partial charge in [0.2, 0.25) is 5.91 Å². The molecule has 0 saturated carbocycles. The van der Waals surface area contributed by atoms with Crippen molar-refractivity contribution in [2.75, 3.05) is 11.1 Å². The van der Waals surface area contributed by atoms with Crippen molar-refractivity contribution < 1.29 is 14.5 Å². The summed E-state index contributed by atoms with van der Waals surface area (Å²) in [7, 11) is 1.76. The standard InChI is InChI=1S/C25H25N7O4S2/c1-15(2)21(28-23(34)17-10-7-11-18(12-17)32(35)36)22-29-30-25(31(22)3)38-14-20(33)27-24-26-19(13-37-24)16-8-5-4-6-9-16/h4-13,15,21H,14H2,1-3H3,(H,28,34)(H,26,27,33)/t21-/m0/s1. The minimum atomic E-state index is -0.546. The lowest BCUT2D eigenvalue weighted by atomic mass is 10.0. The third-order valence-electron chi connectivity index (χ3n) is 5.57. The molecule has 2 aromatic heterocycles. The SMILES string of the molecule is CC(C)[C@H](NC(=O)c1cccc([N+](=O)[O-])c1)c1nnc(SCC(=O)Nc2nc(-c3ccccc3)cs2)n1C. The molecule has 38 heavy (non-hydrogen) atoms. The van der Waals surface area contributed by atoms with Gasteiger partial charge >= 0.3 is 0 Å². The van der Waals surface area contributed by atoms with E-state index in [9.17, 15) is 19.7 Å². The molecule has 0 aliphatic carbocycles. The van der Waals surface area contributed by atoms with Crippen LogP contribution in [0.15, 0.2) is 65.1 Å². The fourth-order valence-electron chi connectivity index (χ4n) is 3.60. The van der Waals surface area contributed by atoms with E-state index in [0.717, 1.165) is 11.3 Å². The maximum atomic E-state index is 12.9. The number of hydrogen-bond donors (Lipinski definition) is 2. The van der Waals surface area contributed by atoms with Gasteiger partial charge in [0.05, 0.1) is 22.4 Å². The summed E-state index contributed by atoms with van der Waals surface area (Å²) in [6.07, 6.45) is 0. The number of nitro benzene ring substituents is 1. The number of nitrogens with zero attached hydrogens (tertiary/aromatic N) is 5. The van der Waals surface area contributed by atoms with Gasteiger partial charge < -0.3 is 15.2 Å². The number of nitrogens with one attached hydrogen (secondary N) is 2. The molecule has 0 aliphatic heterocycles. The van der Waals surface area contributed by atoms with Gasteiger partial charge in [0.1, 0.15) is 0 Å². The third kappa shape index (κ3) is 6.42. The normalized spacial score (nSPS) is 11.8. The van der Waals surface area contributed by atoms with Crippen molar-refractivity contribution in [1.29, 1.82) is 0 Å². The molecule has 11 nitrogen and oxygen atoms in total. The molecule has 13 heteroatoms. The van der Waals surface area contributed by atoms with Crippen LogP contribution >= 0.6 is 23.1 Å². The van der Waals surface area contributed by atoms with Gasteiger partial charge in [-0.3, -0.25) is 19.7 Å². The Morgan fingerprint density at radius 3 is 2.61 bits per heavy atom. The fraction of sp³-hybridized carbons (Fsp3) is 0.240. The van der Waals surface area contributed by atoms with Crippen LogP contribution in [0.5, 0.6) is 0 Å². The van der Waals surface area contributed by atoms with Gasteiger partial charge in [0.15, 0.2) is 16.1 Å². The van der Waals surface area contributed by atoms with Crippen molar-refractivity contribution in [2.45, 2.75) is 25.0 Å². The molecule has 0 spiro atoms. The maximum Gasteiger partial charge on any atom is 0.270 e. The summed E-state index contributed by atoms with van der Waals surface area (Å²) in [5.41, 5.74) is 1.78. The highest BCUT2D eigenvalue weighted by Crippen LogP contribution is 2.27. The molecular formula is C25H25N7O4S2. The number of thiazole rings is 1. The van der Waals surface area contributed by atoms with E-state index >= 15 is 0 Å². The van der Waals surface area contributed by atoms with E-state index < -0.39 is 16.9 Å². The Labute approximate surface area is 226 Å². The summed E-state index contributed by atoms with van der Waals surface area (Å²) in [5, 5.41) is 28.1. The summed E-state index contributed by atoms with van der Waals surface area (Å²) in [5.74, 6) is -0.131. The highest BCUT2D eigenvalue weighted by atomic mass is 32.2. The topological polar surface area (TPSA) is 145 Å². The van der Waals surface area contributed by atoms with Gasteiger partial charge in [-0.1, -0.05) is 62.0 Å². The molecule has 4 aromatic rings. The predicted molar refractivity (Wildman–Crippen MR) is 146 cm³/mol. The minimum Gasteiger partial charge on any atom is -0.342 e. The minimum absolute atomic E-state index is 0.0505. The maximum absolute atomic E-state index is 12.9. The molecule has 0 bridgehead atoms. The van der Waals surface area contributed by atoms with Crippen LogP contribution in [-0.4, -0.2) is 42.2 Å². The molecule has 0 aliphatic rings. The lowest BCUT2D eigenvalue weighted by Crippen LogP contribution is -2.33. The number of aromatic nitrogens is 4. The average molecular weight is 552 g/mol. The number of non-ortho nitro benzene ring substituents is 1. The second-order valence-electron chi connectivity index (χ2n) is 8.64. The van der Waals surface area contributed by atoms with E-state index in [0.29, 0.717) is 16.1 Å². The predicted octanol–water partition coefficient (Wildman–Crippen LogP) is 4.70. The average Bonchev–Trinajstić information content (AvgIpc) is 3.52. The summed E-state index contributed by atoms with van der Waals surface area (Å²) >= 11 is 2.57. The van der Waals surface area contributed by atoms with Gasteiger partial charge in [-0.05, 0) is 12.0 Å². The smallest absolute Gasteiger partial charge is 0.270 e. The highest BCUT2D eigenvalue weighted by molar-refractivity contribution is 7.99. The van der Waals surface area contributed by atoms with E-state index in [1.165, 1.54) is 47.4 Å². The summed E-state index contributed by atoms with van der Waals surface area (Å²) < 4.78 is 1.73. The van der Waals surface area contributed by atoms with Crippen LogP contribution in [0.4, 0.5) is 10.8 Å². The van der Waals surface area contributed by atoms with E-state index in [2.05, 4.69) is 25.8 Å². The molecule has 0 radical (unpaired) electrons. The number of anilines is 1. The Balaban J connectivity index is 1.39. The first-order valence-corrected chi connectivity index (χ1v) is 13.5. The third-order valence-corrected chi connectivity index (χ3v) is 7.35. The first-order valence-electron chi connectivity index (χ1n) is 11.6. The molecule has 1 atom stereocenters. The van der Waals surface area contributed by atoms with Gasteiger partial charge in [-0.2, -0.15) is 0 Å². The van der Waals surface area contributed by atoms with E-state index in [4.69, 9.17) is 0 Å². The van der Waals surface area contributed by atoms with Crippen molar-refractivity contribution in [3.63, 3.8) is 0 Å². The number of thioether (sulfide) groups is 1. The number of carbonyl (C=O) groups is 2. The Hall–Kier alpha value is -4.10. The summed E-state index contributed by atoms with van der Waals surface area (Å²) in [6, 6.07) is 14.7. The quantitative estimate of drug-likeness (QED) is 0.164. The zero-order valence-corrected chi connectivity index (χ0v) is 22.5. The fourth-order valence-corrected chi connectivity index (χ4v) is 5.05.